The number of nitrogens with one attached hydrogen (secondary N) is 1. The number of aryl methyl sites for hydroxylation is 1. The third kappa shape index (κ3) is 5.69. The number of carbonyl (C=O) groups excluding carboxylic acids is 3. The van der Waals surface area contributed by atoms with Crippen molar-refractivity contribution >= 4 is 57.4 Å². The molecule has 0 fully saturated rings. The van der Waals surface area contributed by atoms with Crippen LogP contribution in [-0.4, -0.2) is 35.2 Å². The Balaban J connectivity index is 2.07. The van der Waals surface area contributed by atoms with E-state index in [1.165, 1.54) is 0 Å². The summed E-state index contributed by atoms with van der Waals surface area (Å²) >= 11 is 13.5. The molecule has 186 valence electrons. The molecule has 0 aliphatic heterocycles. The van der Waals surface area contributed by atoms with Crippen LogP contribution in [0.2, 0.25) is 10.0 Å². The number of aromatic nitrogens is 1. The van der Waals surface area contributed by atoms with Gasteiger partial charge in [0.1, 0.15) is 32.5 Å². The third-order valence-corrected chi connectivity index (χ3v) is 6.54. The van der Waals surface area contributed by atoms with Crippen LogP contribution in [0.15, 0.2) is 22.7 Å². The van der Waals surface area contributed by atoms with Crippen molar-refractivity contribution in [2.45, 2.75) is 47.1 Å². The van der Waals surface area contributed by atoms with Crippen molar-refractivity contribution < 1.29 is 28.4 Å². The number of esters is 2. The number of hydrogen-bond acceptors (Lipinski definition) is 8. The lowest BCUT2D eigenvalue weighted by atomic mass is 10.1. The van der Waals surface area contributed by atoms with Crippen molar-refractivity contribution in [2.24, 2.45) is 0 Å². The third-order valence-electron chi connectivity index (χ3n) is 4.73. The van der Waals surface area contributed by atoms with Gasteiger partial charge in [0, 0.05) is 5.56 Å². The van der Waals surface area contributed by atoms with E-state index in [2.05, 4.69) is 10.5 Å². The van der Waals surface area contributed by atoms with Gasteiger partial charge in [0.15, 0.2) is 0 Å². The number of thiophene rings is 1. The van der Waals surface area contributed by atoms with Crippen molar-refractivity contribution in [1.82, 2.24) is 5.16 Å². The fraction of sp³-hybridized carbons (Fsp3) is 0.333. The molecule has 35 heavy (non-hydrogen) atoms. The molecule has 0 aliphatic rings. The summed E-state index contributed by atoms with van der Waals surface area (Å²) in [5, 5.41) is 7.38. The molecule has 0 aliphatic carbocycles. The standard InChI is InChI=1S/C24H24Cl2N2O6S/c1-7-32-22(30)15-11(2)19(23(31)33-24(4,5)6)35-21(15)27-20(29)16-12(3)34-28-18(16)17-13(25)9-8-10-14(17)26/h8-10H,7H2,1-6H3,(H,27,29). The molecule has 3 rings (SSSR count). The van der Waals surface area contributed by atoms with Gasteiger partial charge < -0.3 is 19.3 Å². The van der Waals surface area contributed by atoms with E-state index in [0.29, 0.717) is 11.1 Å². The zero-order valence-electron chi connectivity index (χ0n) is 20.0. The minimum absolute atomic E-state index is 0.0671. The highest BCUT2D eigenvalue weighted by molar-refractivity contribution is 7.18. The molecular formula is C24H24Cl2N2O6S. The largest absolute Gasteiger partial charge is 0.462 e. The van der Waals surface area contributed by atoms with Gasteiger partial charge >= 0.3 is 11.9 Å². The molecule has 0 radical (unpaired) electrons. The van der Waals surface area contributed by atoms with Crippen LogP contribution < -0.4 is 5.32 Å². The Kier molecular flexibility index (Phi) is 7.93. The van der Waals surface area contributed by atoms with E-state index < -0.39 is 23.4 Å². The number of amides is 1. The van der Waals surface area contributed by atoms with Crippen molar-refractivity contribution in [3.8, 4) is 11.3 Å². The molecule has 0 spiro atoms. The number of hydrogen-bond donors (Lipinski definition) is 1. The molecule has 8 nitrogen and oxygen atoms in total. The van der Waals surface area contributed by atoms with Crippen LogP contribution in [-0.2, 0) is 9.47 Å². The minimum Gasteiger partial charge on any atom is -0.462 e. The smallest absolute Gasteiger partial charge is 0.349 e. The highest BCUT2D eigenvalue weighted by atomic mass is 35.5. The number of halogens is 2. The summed E-state index contributed by atoms with van der Waals surface area (Å²) in [6.45, 7) is 10.1. The number of carbonyl (C=O) groups is 3. The molecule has 3 aromatic rings. The van der Waals surface area contributed by atoms with E-state index in [0.717, 1.165) is 11.3 Å². The summed E-state index contributed by atoms with van der Waals surface area (Å²) in [7, 11) is 0. The fourth-order valence-corrected chi connectivity index (χ4v) is 4.91. The quantitative estimate of drug-likeness (QED) is 0.347. The lowest BCUT2D eigenvalue weighted by Crippen LogP contribution is -2.23. The van der Waals surface area contributed by atoms with Crippen LogP contribution in [0.1, 0.15) is 69.4 Å². The molecule has 1 aromatic carbocycles. The average molecular weight is 539 g/mol. The average Bonchev–Trinajstić information content (AvgIpc) is 3.26. The van der Waals surface area contributed by atoms with Gasteiger partial charge in [-0.3, -0.25) is 4.79 Å². The van der Waals surface area contributed by atoms with Gasteiger partial charge in [-0.25, -0.2) is 9.59 Å². The number of benzene rings is 1. The lowest BCUT2D eigenvalue weighted by Gasteiger charge is -2.19. The Bertz CT molecular complexity index is 1290. The zero-order valence-corrected chi connectivity index (χ0v) is 22.3. The van der Waals surface area contributed by atoms with Crippen molar-refractivity contribution in [3.05, 3.63) is 55.6 Å². The maximum Gasteiger partial charge on any atom is 0.349 e. The maximum absolute atomic E-state index is 13.4. The molecule has 1 amide bonds. The summed E-state index contributed by atoms with van der Waals surface area (Å²) < 4.78 is 15.9. The Hall–Kier alpha value is -2.88. The van der Waals surface area contributed by atoms with Crippen LogP contribution in [0.5, 0.6) is 0 Å². The number of anilines is 1. The van der Waals surface area contributed by atoms with Crippen molar-refractivity contribution in [3.63, 3.8) is 0 Å². The van der Waals surface area contributed by atoms with Crippen molar-refractivity contribution in [1.29, 1.82) is 0 Å². The molecular weight excluding hydrogens is 515 g/mol. The predicted octanol–water partition coefficient (Wildman–Crippen LogP) is 6.71. The van der Waals surface area contributed by atoms with E-state index in [1.807, 2.05) is 0 Å². The first-order valence-corrected chi connectivity index (χ1v) is 12.2. The zero-order chi connectivity index (χ0) is 26.1. The maximum atomic E-state index is 13.4. The second-order valence-corrected chi connectivity index (χ2v) is 10.3. The van der Waals surface area contributed by atoms with Gasteiger partial charge in [-0.05, 0) is 59.2 Å². The summed E-state index contributed by atoms with van der Waals surface area (Å²) in [5.41, 5.74) is 0.227. The fourth-order valence-electron chi connectivity index (χ4n) is 3.27. The van der Waals surface area contributed by atoms with Crippen LogP contribution in [0.4, 0.5) is 5.00 Å². The Morgan fingerprint density at radius 3 is 2.29 bits per heavy atom. The number of rotatable bonds is 6. The van der Waals surface area contributed by atoms with Gasteiger partial charge in [-0.15, -0.1) is 11.3 Å². The Labute approximate surface area is 216 Å². The molecule has 2 heterocycles. The SMILES string of the molecule is CCOC(=O)c1c(NC(=O)c2c(-c3c(Cl)cccc3Cl)noc2C)sc(C(=O)OC(C)(C)C)c1C. The molecule has 0 atom stereocenters. The second kappa shape index (κ2) is 10.4. The summed E-state index contributed by atoms with van der Waals surface area (Å²) in [6.07, 6.45) is 0. The van der Waals surface area contributed by atoms with E-state index >= 15 is 0 Å². The second-order valence-electron chi connectivity index (χ2n) is 8.50. The van der Waals surface area contributed by atoms with Crippen LogP contribution >= 0.6 is 34.5 Å². The van der Waals surface area contributed by atoms with E-state index in [4.69, 9.17) is 37.2 Å². The minimum atomic E-state index is -0.746. The number of nitrogens with zero attached hydrogens (tertiary/aromatic N) is 1. The topological polar surface area (TPSA) is 108 Å². The van der Waals surface area contributed by atoms with Gasteiger partial charge in [-0.2, -0.15) is 0 Å². The lowest BCUT2D eigenvalue weighted by molar-refractivity contribution is 0.00744. The van der Waals surface area contributed by atoms with E-state index in [9.17, 15) is 14.4 Å². The monoisotopic (exact) mass is 538 g/mol. The van der Waals surface area contributed by atoms with E-state index in [1.54, 1.807) is 59.7 Å². The Morgan fingerprint density at radius 2 is 1.71 bits per heavy atom. The predicted molar refractivity (Wildman–Crippen MR) is 135 cm³/mol. The van der Waals surface area contributed by atoms with Crippen LogP contribution in [0.25, 0.3) is 11.3 Å². The molecule has 0 bridgehead atoms. The van der Waals surface area contributed by atoms with Crippen LogP contribution in [0.3, 0.4) is 0 Å². The normalized spacial score (nSPS) is 11.3. The van der Waals surface area contributed by atoms with Gasteiger partial charge in [0.05, 0.1) is 22.2 Å². The van der Waals surface area contributed by atoms with Gasteiger partial charge in [-0.1, -0.05) is 34.4 Å². The van der Waals surface area contributed by atoms with Gasteiger partial charge in [0.25, 0.3) is 5.91 Å². The highest BCUT2D eigenvalue weighted by Gasteiger charge is 2.31. The Morgan fingerprint density at radius 1 is 1.09 bits per heavy atom. The molecule has 1 N–H and O–H groups in total. The highest BCUT2D eigenvalue weighted by Crippen LogP contribution is 2.39. The molecule has 0 unspecified atom stereocenters. The van der Waals surface area contributed by atoms with Crippen LogP contribution in [0, 0.1) is 13.8 Å². The van der Waals surface area contributed by atoms with Crippen molar-refractivity contribution in [2.75, 3.05) is 11.9 Å². The molecule has 11 heteroatoms. The van der Waals surface area contributed by atoms with E-state index in [-0.39, 0.29) is 49.1 Å². The first kappa shape index (κ1) is 26.7. The summed E-state index contributed by atoms with van der Waals surface area (Å²) in [6, 6.07) is 4.89. The van der Waals surface area contributed by atoms with Gasteiger partial charge in [0.2, 0.25) is 0 Å². The summed E-state index contributed by atoms with van der Waals surface area (Å²) in [4.78, 5) is 39.1. The molecule has 0 saturated heterocycles. The molecule has 2 aromatic heterocycles. The first-order chi connectivity index (χ1) is 16.4. The first-order valence-electron chi connectivity index (χ1n) is 10.6. The molecule has 0 saturated carbocycles. The summed E-state index contributed by atoms with van der Waals surface area (Å²) in [5.74, 6) is -1.71. The number of ether oxygens (including phenoxy) is 2.